The van der Waals surface area contributed by atoms with E-state index in [2.05, 4.69) is 10.6 Å². The summed E-state index contributed by atoms with van der Waals surface area (Å²) >= 11 is 0. The first kappa shape index (κ1) is 15.1. The number of carbonyl (C=O) groups excluding carboxylic acids is 4. The van der Waals surface area contributed by atoms with Crippen molar-refractivity contribution in [3.63, 3.8) is 0 Å². The zero-order chi connectivity index (χ0) is 14.8. The Morgan fingerprint density at radius 3 is 2.37 bits per heavy atom. The molecule has 1 saturated heterocycles. The SMILES string of the molecule is C[C@H](NC(=O)OC(C)(C)C)C(=O)C1CC(=O)NC1=O. The lowest BCUT2D eigenvalue weighted by Crippen LogP contribution is -2.45. The van der Waals surface area contributed by atoms with E-state index in [1.165, 1.54) is 6.92 Å². The summed E-state index contributed by atoms with van der Waals surface area (Å²) in [4.78, 5) is 45.8. The molecule has 0 spiro atoms. The van der Waals surface area contributed by atoms with Crippen LogP contribution in [0.3, 0.4) is 0 Å². The Labute approximate surface area is 111 Å². The van der Waals surface area contributed by atoms with E-state index in [0.29, 0.717) is 0 Å². The number of hydrogen-bond donors (Lipinski definition) is 2. The summed E-state index contributed by atoms with van der Waals surface area (Å²) in [5.41, 5.74) is -0.673. The Balaban J connectivity index is 2.56. The standard InChI is InChI=1S/C12H18N2O5/c1-6(13-11(18)19-12(2,3)4)9(16)7-5-8(15)14-10(7)17/h6-7H,5H2,1-4H3,(H,13,18)(H,14,15,17)/t6-,7?/m0/s1. The van der Waals surface area contributed by atoms with Gasteiger partial charge in [-0.05, 0) is 27.7 Å². The van der Waals surface area contributed by atoms with Crippen LogP contribution in [0.1, 0.15) is 34.1 Å². The minimum atomic E-state index is -1.03. The van der Waals surface area contributed by atoms with Gasteiger partial charge in [0.05, 0.1) is 6.04 Å². The summed E-state index contributed by atoms with van der Waals surface area (Å²) in [5, 5.41) is 4.40. The first-order valence-electron chi connectivity index (χ1n) is 5.97. The van der Waals surface area contributed by atoms with Crippen LogP contribution < -0.4 is 10.6 Å². The molecule has 2 N–H and O–H groups in total. The molecule has 7 nitrogen and oxygen atoms in total. The van der Waals surface area contributed by atoms with Crippen LogP contribution in [0.15, 0.2) is 0 Å². The number of imide groups is 1. The Hall–Kier alpha value is -1.92. The molecular weight excluding hydrogens is 252 g/mol. The zero-order valence-corrected chi connectivity index (χ0v) is 11.4. The normalized spacial score (nSPS) is 20.7. The second kappa shape index (κ2) is 5.38. The molecule has 1 aliphatic rings. The lowest BCUT2D eigenvalue weighted by molar-refractivity contribution is -0.132. The van der Waals surface area contributed by atoms with Crippen molar-refractivity contribution in [3.8, 4) is 0 Å². The molecule has 3 amide bonds. The Bertz CT molecular complexity index is 424. The summed E-state index contributed by atoms with van der Waals surface area (Å²) in [7, 11) is 0. The summed E-state index contributed by atoms with van der Waals surface area (Å²) in [6, 6.07) is -0.892. The van der Waals surface area contributed by atoms with Gasteiger partial charge in [0.1, 0.15) is 11.5 Å². The quantitative estimate of drug-likeness (QED) is 0.560. The van der Waals surface area contributed by atoms with E-state index in [0.717, 1.165) is 0 Å². The summed E-state index contributed by atoms with van der Waals surface area (Å²) < 4.78 is 5.00. The van der Waals surface area contributed by atoms with Crippen molar-refractivity contribution in [1.29, 1.82) is 0 Å². The molecule has 0 aromatic carbocycles. The molecule has 1 rings (SSSR count). The lowest BCUT2D eigenvalue weighted by Gasteiger charge is -2.22. The van der Waals surface area contributed by atoms with Crippen molar-refractivity contribution in [2.24, 2.45) is 5.92 Å². The minimum Gasteiger partial charge on any atom is -0.444 e. The van der Waals surface area contributed by atoms with Crippen molar-refractivity contribution in [2.75, 3.05) is 0 Å². The van der Waals surface area contributed by atoms with Gasteiger partial charge in [0.15, 0.2) is 5.78 Å². The number of Topliss-reactive ketones (excluding diaryl/α,β-unsaturated/α-hetero) is 1. The summed E-state index contributed by atoms with van der Waals surface area (Å²) in [5.74, 6) is -2.63. The molecule has 0 aliphatic carbocycles. The molecule has 0 aromatic heterocycles. The van der Waals surface area contributed by atoms with Crippen molar-refractivity contribution >= 4 is 23.7 Å². The molecule has 0 radical (unpaired) electrons. The second-order valence-corrected chi connectivity index (χ2v) is 5.44. The summed E-state index contributed by atoms with van der Waals surface area (Å²) in [6.07, 6.45) is -0.907. The van der Waals surface area contributed by atoms with Crippen LogP contribution in [0.2, 0.25) is 0 Å². The van der Waals surface area contributed by atoms with Crippen molar-refractivity contribution < 1.29 is 23.9 Å². The molecule has 1 unspecified atom stereocenters. The third kappa shape index (κ3) is 4.35. The van der Waals surface area contributed by atoms with Gasteiger partial charge in [-0.3, -0.25) is 19.7 Å². The number of nitrogens with one attached hydrogen (secondary N) is 2. The number of amides is 3. The maximum Gasteiger partial charge on any atom is 0.408 e. The van der Waals surface area contributed by atoms with Gasteiger partial charge in [-0.15, -0.1) is 0 Å². The van der Waals surface area contributed by atoms with Crippen molar-refractivity contribution in [3.05, 3.63) is 0 Å². The van der Waals surface area contributed by atoms with E-state index in [-0.39, 0.29) is 6.42 Å². The Kier molecular flexibility index (Phi) is 4.28. The average molecular weight is 270 g/mol. The molecule has 0 bridgehead atoms. The van der Waals surface area contributed by atoms with E-state index in [1.54, 1.807) is 20.8 Å². The number of hydrogen-bond acceptors (Lipinski definition) is 5. The third-order valence-electron chi connectivity index (χ3n) is 2.47. The van der Waals surface area contributed by atoms with Crippen molar-refractivity contribution in [2.45, 2.75) is 45.8 Å². The topological polar surface area (TPSA) is 102 Å². The third-order valence-corrected chi connectivity index (χ3v) is 2.47. The minimum absolute atomic E-state index is 0.169. The first-order chi connectivity index (χ1) is 8.60. The number of carbonyl (C=O) groups is 4. The molecule has 1 aliphatic heterocycles. The van der Waals surface area contributed by atoms with E-state index in [9.17, 15) is 19.2 Å². The highest BCUT2D eigenvalue weighted by Gasteiger charge is 2.38. The molecule has 2 atom stereocenters. The van der Waals surface area contributed by atoms with Gasteiger partial charge in [-0.2, -0.15) is 0 Å². The molecule has 0 aromatic rings. The fourth-order valence-corrected chi connectivity index (χ4v) is 1.64. The fraction of sp³-hybridized carbons (Fsp3) is 0.667. The van der Waals surface area contributed by atoms with Gasteiger partial charge in [0, 0.05) is 6.42 Å². The molecule has 7 heteroatoms. The van der Waals surface area contributed by atoms with Gasteiger partial charge >= 0.3 is 6.09 Å². The van der Waals surface area contributed by atoms with Crippen molar-refractivity contribution in [1.82, 2.24) is 10.6 Å². The predicted octanol–water partition coefficient (Wildman–Crippen LogP) is 0.131. The number of ether oxygens (including phenoxy) is 1. The largest absolute Gasteiger partial charge is 0.444 e. The lowest BCUT2D eigenvalue weighted by atomic mass is 9.97. The second-order valence-electron chi connectivity index (χ2n) is 5.44. The van der Waals surface area contributed by atoms with Crippen LogP contribution in [-0.4, -0.2) is 35.3 Å². The van der Waals surface area contributed by atoms with Gasteiger partial charge in [0.25, 0.3) is 0 Å². The van der Waals surface area contributed by atoms with Gasteiger partial charge < -0.3 is 10.1 Å². The monoisotopic (exact) mass is 270 g/mol. The summed E-state index contributed by atoms with van der Waals surface area (Å²) in [6.45, 7) is 6.54. The Morgan fingerprint density at radius 1 is 1.37 bits per heavy atom. The van der Waals surface area contributed by atoms with Gasteiger partial charge in [0.2, 0.25) is 11.8 Å². The molecule has 1 fully saturated rings. The van der Waals surface area contributed by atoms with E-state index >= 15 is 0 Å². The molecule has 106 valence electrons. The molecule has 0 saturated carbocycles. The van der Waals surface area contributed by atoms with Crippen LogP contribution in [0, 0.1) is 5.92 Å². The highest BCUT2D eigenvalue weighted by Crippen LogP contribution is 2.14. The number of rotatable bonds is 3. The van der Waals surface area contributed by atoms with Crippen LogP contribution in [0.5, 0.6) is 0 Å². The van der Waals surface area contributed by atoms with E-state index < -0.39 is 41.3 Å². The smallest absolute Gasteiger partial charge is 0.408 e. The van der Waals surface area contributed by atoms with E-state index in [4.69, 9.17) is 4.74 Å². The average Bonchev–Trinajstić information content (AvgIpc) is 2.53. The number of alkyl carbamates (subject to hydrolysis) is 1. The van der Waals surface area contributed by atoms with Crippen LogP contribution in [0.25, 0.3) is 0 Å². The van der Waals surface area contributed by atoms with Crippen LogP contribution >= 0.6 is 0 Å². The highest BCUT2D eigenvalue weighted by molar-refractivity contribution is 6.15. The molecule has 1 heterocycles. The van der Waals surface area contributed by atoms with Crippen LogP contribution in [0.4, 0.5) is 4.79 Å². The number of ketones is 1. The zero-order valence-electron chi connectivity index (χ0n) is 11.4. The van der Waals surface area contributed by atoms with Gasteiger partial charge in [-0.25, -0.2) is 4.79 Å². The Morgan fingerprint density at radius 2 is 1.95 bits per heavy atom. The molecule has 19 heavy (non-hydrogen) atoms. The van der Waals surface area contributed by atoms with E-state index in [1.807, 2.05) is 0 Å². The maximum atomic E-state index is 11.9. The highest BCUT2D eigenvalue weighted by atomic mass is 16.6. The van der Waals surface area contributed by atoms with Crippen LogP contribution in [-0.2, 0) is 19.1 Å². The maximum absolute atomic E-state index is 11.9. The first-order valence-corrected chi connectivity index (χ1v) is 5.97. The fourth-order valence-electron chi connectivity index (χ4n) is 1.64. The predicted molar refractivity (Wildman–Crippen MR) is 65.1 cm³/mol. The van der Waals surface area contributed by atoms with Gasteiger partial charge in [-0.1, -0.05) is 0 Å². The molecular formula is C12H18N2O5.